The number of benzene rings is 1. The summed E-state index contributed by atoms with van der Waals surface area (Å²) in [6, 6.07) is 5.64. The summed E-state index contributed by atoms with van der Waals surface area (Å²) in [5.41, 5.74) is 3.22. The number of methoxy groups -OCH3 is 1. The Morgan fingerprint density at radius 2 is 2.11 bits per heavy atom. The van der Waals surface area contributed by atoms with Crippen LogP contribution >= 0.6 is 11.6 Å². The molecule has 0 atom stereocenters. The van der Waals surface area contributed by atoms with Gasteiger partial charge in [-0.15, -0.1) is 0 Å². The number of carbonyl (C=O) groups is 1. The molecule has 8 heteroatoms. The van der Waals surface area contributed by atoms with Gasteiger partial charge in [0, 0.05) is 27.7 Å². The van der Waals surface area contributed by atoms with Crippen LogP contribution in [0.5, 0.6) is 5.88 Å². The van der Waals surface area contributed by atoms with Gasteiger partial charge in [-0.3, -0.25) is 0 Å². The number of amides is 2. The third-order valence-corrected chi connectivity index (χ3v) is 5.04. The third-order valence-electron chi connectivity index (χ3n) is 4.73. The molecule has 27 heavy (non-hydrogen) atoms. The fourth-order valence-electron chi connectivity index (χ4n) is 2.87. The van der Waals surface area contributed by atoms with E-state index in [4.69, 9.17) is 16.3 Å². The molecule has 2 amide bonds. The molecule has 2 aromatic heterocycles. The van der Waals surface area contributed by atoms with Crippen molar-refractivity contribution in [3.63, 3.8) is 0 Å². The summed E-state index contributed by atoms with van der Waals surface area (Å²) in [5.74, 6) is 0.447. The van der Waals surface area contributed by atoms with E-state index in [1.807, 2.05) is 25.1 Å². The minimum absolute atomic E-state index is 0.0354. The molecule has 0 saturated heterocycles. The van der Waals surface area contributed by atoms with Crippen molar-refractivity contribution >= 4 is 28.5 Å². The molecule has 1 aromatic carbocycles. The summed E-state index contributed by atoms with van der Waals surface area (Å²) < 4.78 is 5.04. The number of aromatic amines is 1. The van der Waals surface area contributed by atoms with Crippen molar-refractivity contribution in [2.24, 2.45) is 0 Å². The molecule has 7 nitrogen and oxygen atoms in total. The summed E-state index contributed by atoms with van der Waals surface area (Å²) in [6.45, 7) is 2.45. The van der Waals surface area contributed by atoms with E-state index in [1.54, 1.807) is 19.5 Å². The Kier molecular flexibility index (Phi) is 4.39. The topological polar surface area (TPSA) is 91.9 Å². The van der Waals surface area contributed by atoms with Gasteiger partial charge in [0.1, 0.15) is 0 Å². The van der Waals surface area contributed by atoms with Crippen molar-refractivity contribution in [2.75, 3.05) is 7.11 Å². The van der Waals surface area contributed by atoms with Gasteiger partial charge in [-0.2, -0.15) is 0 Å². The van der Waals surface area contributed by atoms with Gasteiger partial charge in [0.2, 0.25) is 5.88 Å². The van der Waals surface area contributed by atoms with E-state index in [0.29, 0.717) is 23.1 Å². The van der Waals surface area contributed by atoms with Crippen LogP contribution < -0.4 is 15.4 Å². The van der Waals surface area contributed by atoms with Crippen molar-refractivity contribution in [3.05, 3.63) is 41.3 Å². The van der Waals surface area contributed by atoms with Gasteiger partial charge < -0.3 is 20.4 Å². The second-order valence-corrected chi connectivity index (χ2v) is 7.43. The van der Waals surface area contributed by atoms with Crippen molar-refractivity contribution in [3.8, 4) is 17.1 Å². The fraction of sp³-hybridized carbons (Fsp3) is 0.316. The average molecular weight is 386 g/mol. The zero-order chi connectivity index (χ0) is 19.0. The molecular formula is C19H20ClN5O2. The standard InChI is InChI=1S/C19H20ClN5O2/c1-19(3-4-19)25-18(26)23-8-12-5-11-6-14(20)13(7-15(11)24-12)16-9-22-17(27-2)10-21-16/h5-7,9-10,24H,3-4,8H2,1-2H3,(H2,23,25,26). The number of hydrogen-bond acceptors (Lipinski definition) is 4. The summed E-state index contributed by atoms with van der Waals surface area (Å²) in [7, 11) is 1.54. The molecule has 2 heterocycles. The van der Waals surface area contributed by atoms with Gasteiger partial charge in [-0.1, -0.05) is 11.6 Å². The lowest BCUT2D eigenvalue weighted by molar-refractivity contribution is 0.236. The summed E-state index contributed by atoms with van der Waals surface area (Å²) in [4.78, 5) is 23.8. The van der Waals surface area contributed by atoms with E-state index in [9.17, 15) is 4.79 Å². The maximum atomic E-state index is 12.0. The Labute approximate surface area is 161 Å². The van der Waals surface area contributed by atoms with E-state index < -0.39 is 0 Å². The number of nitrogens with one attached hydrogen (secondary N) is 3. The van der Waals surface area contributed by atoms with Crippen LogP contribution in [-0.2, 0) is 6.54 Å². The van der Waals surface area contributed by atoms with Crippen LogP contribution in [0.25, 0.3) is 22.2 Å². The first kappa shape index (κ1) is 17.6. The molecule has 4 rings (SSSR count). The number of rotatable bonds is 5. The van der Waals surface area contributed by atoms with E-state index >= 15 is 0 Å². The minimum atomic E-state index is -0.152. The lowest BCUT2D eigenvalue weighted by Gasteiger charge is -2.11. The Morgan fingerprint density at radius 1 is 1.30 bits per heavy atom. The molecular weight excluding hydrogens is 366 g/mol. The first-order valence-electron chi connectivity index (χ1n) is 8.69. The average Bonchev–Trinajstić information content (AvgIpc) is 3.24. The van der Waals surface area contributed by atoms with Crippen LogP contribution in [0.4, 0.5) is 4.79 Å². The van der Waals surface area contributed by atoms with Crippen LogP contribution in [-0.4, -0.2) is 33.6 Å². The van der Waals surface area contributed by atoms with E-state index in [2.05, 4.69) is 25.6 Å². The van der Waals surface area contributed by atoms with Crippen molar-refractivity contribution in [2.45, 2.75) is 31.8 Å². The zero-order valence-electron chi connectivity index (χ0n) is 15.1. The number of fused-ring (bicyclic) bond motifs is 1. The highest BCUT2D eigenvalue weighted by molar-refractivity contribution is 6.34. The van der Waals surface area contributed by atoms with Crippen molar-refractivity contribution < 1.29 is 9.53 Å². The molecule has 3 aromatic rings. The number of carbonyl (C=O) groups excluding carboxylic acids is 1. The molecule has 0 bridgehead atoms. The van der Waals surface area contributed by atoms with Gasteiger partial charge >= 0.3 is 6.03 Å². The number of hydrogen-bond donors (Lipinski definition) is 3. The normalized spacial score (nSPS) is 14.8. The fourth-order valence-corrected chi connectivity index (χ4v) is 3.14. The SMILES string of the molecule is COc1cnc(-c2cc3[nH]c(CNC(=O)NC4(C)CC4)cc3cc2Cl)cn1. The van der Waals surface area contributed by atoms with Crippen LogP contribution in [0.15, 0.2) is 30.6 Å². The first-order chi connectivity index (χ1) is 13.0. The number of halogens is 1. The molecule has 140 valence electrons. The van der Waals surface area contributed by atoms with Gasteiger partial charge in [-0.25, -0.2) is 14.8 Å². The largest absolute Gasteiger partial charge is 0.480 e. The lowest BCUT2D eigenvalue weighted by Crippen LogP contribution is -2.41. The van der Waals surface area contributed by atoms with Crippen LogP contribution in [0, 0.1) is 0 Å². The van der Waals surface area contributed by atoms with Crippen molar-refractivity contribution in [1.29, 1.82) is 0 Å². The molecule has 1 saturated carbocycles. The molecule has 0 aliphatic heterocycles. The van der Waals surface area contributed by atoms with Gasteiger partial charge in [0.15, 0.2) is 0 Å². The molecule has 0 unspecified atom stereocenters. The minimum Gasteiger partial charge on any atom is -0.480 e. The summed E-state index contributed by atoms with van der Waals surface area (Å²) >= 11 is 6.44. The number of aromatic nitrogens is 3. The van der Waals surface area contributed by atoms with E-state index in [1.165, 1.54) is 0 Å². The lowest BCUT2D eigenvalue weighted by atomic mass is 10.1. The monoisotopic (exact) mass is 385 g/mol. The molecule has 1 fully saturated rings. The summed E-state index contributed by atoms with van der Waals surface area (Å²) in [6.07, 6.45) is 5.24. The van der Waals surface area contributed by atoms with E-state index in [0.717, 1.165) is 35.0 Å². The highest BCUT2D eigenvalue weighted by atomic mass is 35.5. The Morgan fingerprint density at radius 3 is 2.78 bits per heavy atom. The smallest absolute Gasteiger partial charge is 0.315 e. The first-order valence-corrected chi connectivity index (χ1v) is 9.07. The maximum Gasteiger partial charge on any atom is 0.315 e. The zero-order valence-corrected chi connectivity index (χ0v) is 15.9. The molecule has 0 radical (unpaired) electrons. The number of urea groups is 1. The Balaban J connectivity index is 1.52. The predicted molar refractivity (Wildman–Crippen MR) is 104 cm³/mol. The number of ether oxygens (including phenoxy) is 1. The molecule has 1 aliphatic carbocycles. The summed E-state index contributed by atoms with van der Waals surface area (Å²) in [5, 5.41) is 7.40. The number of nitrogens with zero attached hydrogens (tertiary/aromatic N) is 2. The maximum absolute atomic E-state index is 12.0. The van der Waals surface area contributed by atoms with E-state index in [-0.39, 0.29) is 11.6 Å². The Hall–Kier alpha value is -2.80. The molecule has 0 spiro atoms. The van der Waals surface area contributed by atoms with Crippen LogP contribution in [0.1, 0.15) is 25.5 Å². The molecule has 3 N–H and O–H groups in total. The predicted octanol–water partition coefficient (Wildman–Crippen LogP) is 3.64. The van der Waals surface area contributed by atoms with Gasteiger partial charge in [-0.05, 0) is 38.0 Å². The second-order valence-electron chi connectivity index (χ2n) is 7.03. The van der Waals surface area contributed by atoms with Crippen LogP contribution in [0.3, 0.4) is 0 Å². The number of H-pyrrole nitrogens is 1. The van der Waals surface area contributed by atoms with Gasteiger partial charge in [0.05, 0.1) is 36.8 Å². The quantitative estimate of drug-likeness (QED) is 0.625. The highest BCUT2D eigenvalue weighted by Gasteiger charge is 2.38. The third kappa shape index (κ3) is 3.83. The Bertz CT molecular complexity index is 995. The molecule has 1 aliphatic rings. The van der Waals surface area contributed by atoms with Gasteiger partial charge in [0.25, 0.3) is 0 Å². The van der Waals surface area contributed by atoms with Crippen molar-refractivity contribution in [1.82, 2.24) is 25.6 Å². The second kappa shape index (κ2) is 6.74. The highest BCUT2D eigenvalue weighted by Crippen LogP contribution is 2.34. The van der Waals surface area contributed by atoms with Crippen LogP contribution in [0.2, 0.25) is 5.02 Å².